The number of rotatable bonds is 2. The molecule has 88 valence electrons. The molecular weight excluding hydrogens is 218 g/mol. The molecule has 5 heteroatoms. The topological polar surface area (TPSA) is 76.4 Å². The summed E-state index contributed by atoms with van der Waals surface area (Å²) >= 11 is 0. The Morgan fingerprint density at radius 3 is 2.59 bits per heavy atom. The number of carbonyl (C=O) groups excluding carboxylic acids is 1. The molecule has 0 radical (unpaired) electrons. The van der Waals surface area contributed by atoms with Crippen molar-refractivity contribution < 1.29 is 9.53 Å². The Balaban J connectivity index is 2.34. The van der Waals surface area contributed by atoms with E-state index in [1.54, 1.807) is 13.2 Å². The summed E-state index contributed by atoms with van der Waals surface area (Å²) in [7, 11) is 1.63. The summed E-state index contributed by atoms with van der Waals surface area (Å²) in [5, 5.41) is 4.66. The Morgan fingerprint density at radius 2 is 1.88 bits per heavy atom. The Bertz CT molecular complexity index is 554. The smallest absolute Gasteiger partial charge is 0.333 e. The molecular formula is C12H13N3O2. The van der Waals surface area contributed by atoms with Crippen LogP contribution in [0, 0.1) is 0 Å². The van der Waals surface area contributed by atoms with Gasteiger partial charge in [0.15, 0.2) is 0 Å². The molecule has 2 rings (SSSR count). The Kier molecular flexibility index (Phi) is 3.11. The standard InChI is InChI=1S/C12H13N3O2/c1-17-11-5-3-8-6-10(14-12(16)15-13)4-2-9(8)7-11/h2-7H,13H2,1H3,(H2,14,15,16). The molecule has 0 aliphatic carbocycles. The van der Waals surface area contributed by atoms with Crippen LogP contribution in [0.5, 0.6) is 5.75 Å². The number of urea groups is 1. The number of nitrogens with one attached hydrogen (secondary N) is 2. The number of nitrogens with two attached hydrogens (primary N) is 1. The molecule has 5 nitrogen and oxygen atoms in total. The molecule has 0 aliphatic rings. The van der Waals surface area contributed by atoms with E-state index in [1.165, 1.54) is 0 Å². The minimum absolute atomic E-state index is 0.446. The van der Waals surface area contributed by atoms with Crippen molar-refractivity contribution in [3.63, 3.8) is 0 Å². The minimum Gasteiger partial charge on any atom is -0.497 e. The quantitative estimate of drug-likeness (QED) is 0.419. The number of amides is 2. The average Bonchev–Trinajstić information content (AvgIpc) is 2.38. The number of ether oxygens (including phenoxy) is 1. The van der Waals surface area contributed by atoms with Crippen LogP contribution in [0.3, 0.4) is 0 Å². The van der Waals surface area contributed by atoms with Crippen molar-refractivity contribution in [1.82, 2.24) is 5.43 Å². The van der Waals surface area contributed by atoms with Crippen molar-refractivity contribution in [2.24, 2.45) is 5.84 Å². The maximum Gasteiger partial charge on any atom is 0.333 e. The number of methoxy groups -OCH3 is 1. The lowest BCUT2D eigenvalue weighted by Gasteiger charge is -2.06. The van der Waals surface area contributed by atoms with E-state index in [1.807, 2.05) is 35.8 Å². The lowest BCUT2D eigenvalue weighted by molar-refractivity contribution is 0.252. The van der Waals surface area contributed by atoms with Crippen LogP contribution in [-0.2, 0) is 0 Å². The molecule has 0 aromatic heterocycles. The van der Waals surface area contributed by atoms with Crippen LogP contribution in [0.2, 0.25) is 0 Å². The first-order valence-corrected chi connectivity index (χ1v) is 5.08. The van der Waals surface area contributed by atoms with E-state index in [0.29, 0.717) is 5.69 Å². The van der Waals surface area contributed by atoms with E-state index in [0.717, 1.165) is 16.5 Å². The lowest BCUT2D eigenvalue weighted by atomic mass is 10.1. The van der Waals surface area contributed by atoms with Gasteiger partial charge in [-0.1, -0.05) is 12.1 Å². The van der Waals surface area contributed by atoms with E-state index in [4.69, 9.17) is 10.6 Å². The van der Waals surface area contributed by atoms with Gasteiger partial charge >= 0.3 is 6.03 Å². The number of hydrazine groups is 1. The zero-order valence-electron chi connectivity index (χ0n) is 9.36. The molecule has 0 spiro atoms. The molecule has 0 atom stereocenters. The van der Waals surface area contributed by atoms with Gasteiger partial charge in [-0.3, -0.25) is 5.43 Å². The van der Waals surface area contributed by atoms with Gasteiger partial charge in [0.05, 0.1) is 7.11 Å². The molecule has 0 heterocycles. The Morgan fingerprint density at radius 1 is 1.18 bits per heavy atom. The van der Waals surface area contributed by atoms with Crippen LogP contribution in [0.1, 0.15) is 0 Å². The zero-order chi connectivity index (χ0) is 12.3. The highest BCUT2D eigenvalue weighted by atomic mass is 16.5. The third-order valence-electron chi connectivity index (χ3n) is 2.44. The number of hydrogen-bond donors (Lipinski definition) is 3. The monoisotopic (exact) mass is 231 g/mol. The molecule has 0 unspecified atom stereocenters. The maximum atomic E-state index is 11.1. The Labute approximate surface area is 98.5 Å². The van der Waals surface area contributed by atoms with Crippen LogP contribution in [-0.4, -0.2) is 13.1 Å². The minimum atomic E-state index is -0.446. The third-order valence-corrected chi connectivity index (χ3v) is 2.44. The van der Waals surface area contributed by atoms with E-state index >= 15 is 0 Å². The maximum absolute atomic E-state index is 11.1. The van der Waals surface area contributed by atoms with Crippen LogP contribution in [0.15, 0.2) is 36.4 Å². The van der Waals surface area contributed by atoms with Crippen molar-refractivity contribution in [2.45, 2.75) is 0 Å². The first kappa shape index (κ1) is 11.2. The van der Waals surface area contributed by atoms with Crippen LogP contribution in [0.25, 0.3) is 10.8 Å². The number of anilines is 1. The van der Waals surface area contributed by atoms with Gasteiger partial charge in [-0.15, -0.1) is 0 Å². The second-order valence-corrected chi connectivity index (χ2v) is 3.53. The third kappa shape index (κ3) is 2.46. The lowest BCUT2D eigenvalue weighted by Crippen LogP contribution is -2.34. The molecule has 0 saturated carbocycles. The predicted octanol–water partition coefficient (Wildman–Crippen LogP) is 1.84. The Hall–Kier alpha value is -2.27. The second kappa shape index (κ2) is 4.71. The van der Waals surface area contributed by atoms with E-state index in [2.05, 4.69) is 5.32 Å². The second-order valence-electron chi connectivity index (χ2n) is 3.53. The van der Waals surface area contributed by atoms with E-state index in [-0.39, 0.29) is 0 Å². The van der Waals surface area contributed by atoms with Crippen molar-refractivity contribution >= 4 is 22.5 Å². The molecule has 0 saturated heterocycles. The van der Waals surface area contributed by atoms with Gasteiger partial charge in [-0.2, -0.15) is 0 Å². The summed E-state index contributed by atoms with van der Waals surface area (Å²) in [5.74, 6) is 5.80. The van der Waals surface area contributed by atoms with Crippen LogP contribution < -0.4 is 21.3 Å². The zero-order valence-corrected chi connectivity index (χ0v) is 9.36. The molecule has 17 heavy (non-hydrogen) atoms. The highest BCUT2D eigenvalue weighted by Gasteiger charge is 2.01. The predicted molar refractivity (Wildman–Crippen MR) is 66.8 cm³/mol. The van der Waals surface area contributed by atoms with Gasteiger partial charge in [0.2, 0.25) is 0 Å². The number of benzene rings is 2. The first-order valence-electron chi connectivity index (χ1n) is 5.08. The van der Waals surface area contributed by atoms with Gasteiger partial charge in [0.1, 0.15) is 5.75 Å². The molecule has 0 fully saturated rings. The molecule has 2 amide bonds. The highest BCUT2D eigenvalue weighted by molar-refractivity contribution is 5.93. The normalized spacial score (nSPS) is 10.0. The average molecular weight is 231 g/mol. The largest absolute Gasteiger partial charge is 0.497 e. The fourth-order valence-electron chi connectivity index (χ4n) is 1.60. The molecule has 4 N–H and O–H groups in total. The fourth-order valence-corrected chi connectivity index (χ4v) is 1.60. The number of fused-ring (bicyclic) bond motifs is 1. The SMILES string of the molecule is COc1ccc2cc(NC(=O)NN)ccc2c1. The van der Waals surface area contributed by atoms with Crippen LogP contribution in [0.4, 0.5) is 10.5 Å². The molecule has 2 aromatic carbocycles. The number of hydrogen-bond acceptors (Lipinski definition) is 3. The van der Waals surface area contributed by atoms with Crippen molar-refractivity contribution in [2.75, 3.05) is 12.4 Å². The van der Waals surface area contributed by atoms with E-state index in [9.17, 15) is 4.79 Å². The fraction of sp³-hybridized carbons (Fsp3) is 0.0833. The summed E-state index contributed by atoms with van der Waals surface area (Å²) in [6.07, 6.45) is 0. The number of carbonyl (C=O) groups is 1. The van der Waals surface area contributed by atoms with Crippen LogP contribution >= 0.6 is 0 Å². The summed E-state index contributed by atoms with van der Waals surface area (Å²) in [4.78, 5) is 11.1. The van der Waals surface area contributed by atoms with E-state index < -0.39 is 6.03 Å². The van der Waals surface area contributed by atoms with Gasteiger partial charge < -0.3 is 10.1 Å². The first-order chi connectivity index (χ1) is 8.22. The van der Waals surface area contributed by atoms with Gasteiger partial charge in [-0.25, -0.2) is 10.6 Å². The van der Waals surface area contributed by atoms with Gasteiger partial charge in [-0.05, 0) is 35.0 Å². The summed E-state index contributed by atoms with van der Waals surface area (Å²) in [6.45, 7) is 0. The molecule has 0 aliphatic heterocycles. The van der Waals surface area contributed by atoms with Gasteiger partial charge in [0.25, 0.3) is 0 Å². The summed E-state index contributed by atoms with van der Waals surface area (Å²) < 4.78 is 5.14. The summed E-state index contributed by atoms with van der Waals surface area (Å²) in [6, 6.07) is 10.9. The highest BCUT2D eigenvalue weighted by Crippen LogP contribution is 2.23. The van der Waals surface area contributed by atoms with Gasteiger partial charge in [0, 0.05) is 5.69 Å². The van der Waals surface area contributed by atoms with Crippen molar-refractivity contribution in [3.05, 3.63) is 36.4 Å². The van der Waals surface area contributed by atoms with Crippen molar-refractivity contribution in [3.8, 4) is 5.75 Å². The molecule has 0 bridgehead atoms. The van der Waals surface area contributed by atoms with Crippen molar-refractivity contribution in [1.29, 1.82) is 0 Å². The summed E-state index contributed by atoms with van der Waals surface area (Å²) in [5.41, 5.74) is 2.70. The molecule has 2 aromatic rings.